The van der Waals surface area contributed by atoms with Crippen LogP contribution in [0.15, 0.2) is 72.8 Å². The summed E-state index contributed by atoms with van der Waals surface area (Å²) in [6.45, 7) is 0. The molecule has 3 aromatic rings. The van der Waals surface area contributed by atoms with Crippen molar-refractivity contribution in [3.63, 3.8) is 0 Å². The molecule has 0 bridgehead atoms. The van der Waals surface area contributed by atoms with Crippen molar-refractivity contribution < 1.29 is 9.90 Å². The van der Waals surface area contributed by atoms with Gasteiger partial charge in [0.15, 0.2) is 6.29 Å². The van der Waals surface area contributed by atoms with Crippen molar-refractivity contribution in [1.29, 1.82) is 0 Å². The van der Waals surface area contributed by atoms with Crippen molar-refractivity contribution in [2.75, 3.05) is 0 Å². The minimum atomic E-state index is 0.0347. The zero-order chi connectivity index (χ0) is 13.5. The number of aldehydes is 1. The SMILES string of the molecule is O=Cc1ccccc1O.c1ccc2ccccc2c1. The average molecular weight is 250 g/mol. The lowest BCUT2D eigenvalue weighted by Gasteiger charge is -1.92. The number of aromatic hydroxyl groups is 1. The van der Waals surface area contributed by atoms with Gasteiger partial charge in [-0.2, -0.15) is 0 Å². The van der Waals surface area contributed by atoms with Gasteiger partial charge >= 0.3 is 0 Å². The predicted octanol–water partition coefficient (Wildman–Crippen LogP) is 4.04. The summed E-state index contributed by atoms with van der Waals surface area (Å²) in [4.78, 5) is 10.1. The Morgan fingerprint density at radius 1 is 0.684 bits per heavy atom. The first-order valence-corrected chi connectivity index (χ1v) is 5.98. The Bertz CT molecular complexity index is 609. The van der Waals surface area contributed by atoms with E-state index in [1.165, 1.54) is 16.8 Å². The van der Waals surface area contributed by atoms with Gasteiger partial charge in [-0.05, 0) is 22.9 Å². The van der Waals surface area contributed by atoms with Crippen LogP contribution in [0, 0.1) is 0 Å². The molecule has 0 atom stereocenters. The number of para-hydroxylation sites is 1. The van der Waals surface area contributed by atoms with E-state index in [2.05, 4.69) is 48.5 Å². The fraction of sp³-hybridized carbons (Fsp3) is 0. The molecule has 0 amide bonds. The monoisotopic (exact) mass is 250 g/mol. The zero-order valence-corrected chi connectivity index (χ0v) is 10.4. The number of carbonyl (C=O) groups is 1. The minimum Gasteiger partial charge on any atom is -0.507 e. The van der Waals surface area contributed by atoms with E-state index in [0.717, 1.165) is 0 Å². The first-order valence-electron chi connectivity index (χ1n) is 5.98. The Balaban J connectivity index is 0.000000141. The maximum absolute atomic E-state index is 10.1. The van der Waals surface area contributed by atoms with Crippen LogP contribution in [0.1, 0.15) is 10.4 Å². The molecule has 0 spiro atoms. The van der Waals surface area contributed by atoms with Gasteiger partial charge in [0.2, 0.25) is 0 Å². The van der Waals surface area contributed by atoms with E-state index in [9.17, 15) is 4.79 Å². The minimum absolute atomic E-state index is 0.0347. The molecule has 19 heavy (non-hydrogen) atoms. The largest absolute Gasteiger partial charge is 0.507 e. The highest BCUT2D eigenvalue weighted by Gasteiger charge is 1.93. The summed E-state index contributed by atoms with van der Waals surface area (Å²) < 4.78 is 0. The highest BCUT2D eigenvalue weighted by molar-refractivity contribution is 5.82. The van der Waals surface area contributed by atoms with Crippen LogP contribution in [0.3, 0.4) is 0 Å². The molecule has 2 heteroatoms. The Hall–Kier alpha value is -2.61. The number of rotatable bonds is 1. The van der Waals surface area contributed by atoms with Crippen LogP contribution in [-0.2, 0) is 0 Å². The standard InChI is InChI=1S/C10H8.C7H6O2/c1-2-6-10-8-4-3-7-9(10)5-1;8-5-6-3-1-2-4-7(6)9/h1-8H;1-5,9H. The van der Waals surface area contributed by atoms with Gasteiger partial charge in [0, 0.05) is 0 Å². The molecule has 3 aromatic carbocycles. The van der Waals surface area contributed by atoms with E-state index in [0.29, 0.717) is 11.8 Å². The van der Waals surface area contributed by atoms with E-state index in [-0.39, 0.29) is 5.75 Å². The lowest BCUT2D eigenvalue weighted by atomic mass is 10.1. The van der Waals surface area contributed by atoms with Crippen molar-refractivity contribution in [2.45, 2.75) is 0 Å². The molecule has 94 valence electrons. The maximum atomic E-state index is 10.1. The molecular weight excluding hydrogens is 236 g/mol. The van der Waals surface area contributed by atoms with Crippen LogP contribution in [0.5, 0.6) is 5.75 Å². The third-order valence-corrected chi connectivity index (χ3v) is 2.72. The van der Waals surface area contributed by atoms with Gasteiger partial charge in [0.1, 0.15) is 5.75 Å². The maximum Gasteiger partial charge on any atom is 0.153 e. The predicted molar refractivity (Wildman–Crippen MR) is 77.4 cm³/mol. The summed E-state index contributed by atoms with van der Waals surface area (Å²) in [6, 6.07) is 23.1. The van der Waals surface area contributed by atoms with E-state index in [1.54, 1.807) is 18.2 Å². The van der Waals surface area contributed by atoms with Gasteiger partial charge in [-0.15, -0.1) is 0 Å². The van der Waals surface area contributed by atoms with Crippen LogP contribution in [0.2, 0.25) is 0 Å². The molecule has 3 rings (SSSR count). The molecule has 0 aliphatic heterocycles. The van der Waals surface area contributed by atoms with Crippen molar-refractivity contribution in [3.05, 3.63) is 78.4 Å². The summed E-state index contributed by atoms with van der Waals surface area (Å²) in [5.41, 5.74) is 0.331. The molecular formula is C17H14O2. The van der Waals surface area contributed by atoms with E-state index in [4.69, 9.17) is 5.11 Å². The third kappa shape index (κ3) is 3.42. The molecule has 0 radical (unpaired) electrons. The third-order valence-electron chi connectivity index (χ3n) is 2.72. The van der Waals surface area contributed by atoms with Crippen LogP contribution >= 0.6 is 0 Å². The fourth-order valence-corrected chi connectivity index (χ4v) is 1.72. The van der Waals surface area contributed by atoms with E-state index in [1.807, 2.05) is 0 Å². The summed E-state index contributed by atoms with van der Waals surface area (Å²) in [5, 5.41) is 11.5. The second-order valence-electron chi connectivity index (χ2n) is 4.02. The second-order valence-corrected chi connectivity index (χ2v) is 4.02. The number of hydrogen-bond donors (Lipinski definition) is 1. The van der Waals surface area contributed by atoms with Crippen LogP contribution in [-0.4, -0.2) is 11.4 Å². The lowest BCUT2D eigenvalue weighted by molar-refractivity contribution is 0.112. The van der Waals surface area contributed by atoms with Crippen molar-refractivity contribution in [2.24, 2.45) is 0 Å². The topological polar surface area (TPSA) is 37.3 Å². The van der Waals surface area contributed by atoms with Gasteiger partial charge in [0.05, 0.1) is 5.56 Å². The first-order chi connectivity index (χ1) is 9.31. The molecule has 0 aromatic heterocycles. The van der Waals surface area contributed by atoms with Crippen molar-refractivity contribution >= 4 is 17.1 Å². The van der Waals surface area contributed by atoms with E-state index < -0.39 is 0 Å². The molecule has 0 saturated heterocycles. The molecule has 1 N–H and O–H groups in total. The van der Waals surface area contributed by atoms with Crippen LogP contribution < -0.4 is 0 Å². The van der Waals surface area contributed by atoms with Gasteiger partial charge < -0.3 is 5.11 Å². The summed E-state index contributed by atoms with van der Waals surface area (Å²) >= 11 is 0. The number of hydrogen-bond acceptors (Lipinski definition) is 2. The quantitative estimate of drug-likeness (QED) is 0.662. The molecule has 0 aliphatic carbocycles. The summed E-state index contributed by atoms with van der Waals surface area (Å²) in [5.74, 6) is 0.0347. The molecule has 2 nitrogen and oxygen atoms in total. The number of phenols is 1. The lowest BCUT2D eigenvalue weighted by Crippen LogP contribution is -1.77. The van der Waals surface area contributed by atoms with Gasteiger partial charge in [-0.25, -0.2) is 0 Å². The molecule has 0 aliphatic rings. The Labute approximate surface area is 111 Å². The highest BCUT2D eigenvalue weighted by Crippen LogP contribution is 2.12. The van der Waals surface area contributed by atoms with Gasteiger partial charge in [0.25, 0.3) is 0 Å². The normalized spacial score (nSPS) is 9.47. The second kappa shape index (κ2) is 6.36. The molecule has 0 heterocycles. The first kappa shape index (κ1) is 12.8. The molecule has 0 unspecified atom stereocenters. The number of fused-ring (bicyclic) bond motifs is 1. The van der Waals surface area contributed by atoms with Gasteiger partial charge in [-0.1, -0.05) is 60.7 Å². The Morgan fingerprint density at radius 2 is 1.11 bits per heavy atom. The summed E-state index contributed by atoms with van der Waals surface area (Å²) in [7, 11) is 0. The number of benzene rings is 3. The smallest absolute Gasteiger partial charge is 0.153 e. The Kier molecular flexibility index (Phi) is 4.29. The number of carbonyl (C=O) groups excluding carboxylic acids is 1. The van der Waals surface area contributed by atoms with E-state index >= 15 is 0 Å². The molecule has 0 fully saturated rings. The molecule has 0 saturated carbocycles. The van der Waals surface area contributed by atoms with Gasteiger partial charge in [-0.3, -0.25) is 4.79 Å². The van der Waals surface area contributed by atoms with Crippen molar-refractivity contribution in [1.82, 2.24) is 0 Å². The van der Waals surface area contributed by atoms with Crippen LogP contribution in [0.25, 0.3) is 10.8 Å². The van der Waals surface area contributed by atoms with Crippen LogP contribution in [0.4, 0.5) is 0 Å². The average Bonchev–Trinajstić information content (AvgIpc) is 2.49. The summed E-state index contributed by atoms with van der Waals surface area (Å²) in [6.07, 6.45) is 0.620. The Morgan fingerprint density at radius 3 is 1.47 bits per heavy atom. The zero-order valence-electron chi connectivity index (χ0n) is 10.4. The fourth-order valence-electron chi connectivity index (χ4n) is 1.72. The highest BCUT2D eigenvalue weighted by atomic mass is 16.3. The number of phenolic OH excluding ortho intramolecular Hbond substituents is 1. The van der Waals surface area contributed by atoms with Crippen molar-refractivity contribution in [3.8, 4) is 5.75 Å².